The van der Waals surface area contributed by atoms with Crippen LogP contribution in [-0.2, 0) is 4.79 Å². The van der Waals surface area contributed by atoms with Crippen LogP contribution >= 0.6 is 0 Å². The molecule has 1 amide bonds. The van der Waals surface area contributed by atoms with Crippen LogP contribution < -0.4 is 5.32 Å². The summed E-state index contributed by atoms with van der Waals surface area (Å²) in [7, 11) is 0. The van der Waals surface area contributed by atoms with E-state index in [0.29, 0.717) is 5.56 Å². The summed E-state index contributed by atoms with van der Waals surface area (Å²) in [5.74, 6) is -3.06. The molecule has 0 heterocycles. The van der Waals surface area contributed by atoms with Crippen molar-refractivity contribution in [3.05, 3.63) is 59.7 Å². The molecule has 0 bridgehead atoms. The maximum absolute atomic E-state index is 12.1. The van der Waals surface area contributed by atoms with E-state index in [1.807, 2.05) is 0 Å². The number of benzene rings is 2. The van der Waals surface area contributed by atoms with E-state index in [-0.39, 0.29) is 5.56 Å². The third kappa shape index (κ3) is 3.11. The smallest absolute Gasteiger partial charge is 0.330 e. The first-order valence-electron chi connectivity index (χ1n) is 6.10. The Hall–Kier alpha value is -3.02. The molecule has 0 fully saturated rings. The second-order valence-corrected chi connectivity index (χ2v) is 4.33. The normalized spacial score (nSPS) is 11.6. The molecule has 0 spiro atoms. The summed E-state index contributed by atoms with van der Waals surface area (Å²) in [4.78, 5) is 23.4. The average Bonchev–Trinajstić information content (AvgIpc) is 2.48. The predicted molar refractivity (Wildman–Crippen MR) is 74.1 cm³/mol. The molecule has 0 radical (unpaired) electrons. The number of aliphatic carboxylic acids is 1. The van der Waals surface area contributed by atoms with Gasteiger partial charge in [-0.25, -0.2) is 4.79 Å². The molecule has 6 heteroatoms. The molecule has 0 saturated heterocycles. The first kappa shape index (κ1) is 14.4. The van der Waals surface area contributed by atoms with Gasteiger partial charge in [0.1, 0.15) is 0 Å². The van der Waals surface area contributed by atoms with Gasteiger partial charge in [0.2, 0.25) is 0 Å². The van der Waals surface area contributed by atoms with Crippen LogP contribution in [0.2, 0.25) is 0 Å². The van der Waals surface area contributed by atoms with Crippen molar-refractivity contribution in [3.8, 4) is 11.5 Å². The number of para-hydroxylation sites is 1. The number of rotatable bonds is 4. The summed E-state index contributed by atoms with van der Waals surface area (Å²) in [6.45, 7) is 0. The Morgan fingerprint density at radius 3 is 2.24 bits per heavy atom. The Kier molecular flexibility index (Phi) is 4.08. The molecule has 0 aromatic heterocycles. The van der Waals surface area contributed by atoms with Gasteiger partial charge in [-0.05, 0) is 17.7 Å². The fraction of sp³-hybridized carbons (Fsp3) is 0.0667. The molecule has 0 saturated carbocycles. The lowest BCUT2D eigenvalue weighted by molar-refractivity contribution is -0.139. The Balaban J connectivity index is 2.28. The van der Waals surface area contributed by atoms with Crippen molar-refractivity contribution in [3.63, 3.8) is 0 Å². The minimum Gasteiger partial charge on any atom is -0.504 e. The molecule has 1 atom stereocenters. The fourth-order valence-corrected chi connectivity index (χ4v) is 1.86. The van der Waals surface area contributed by atoms with Crippen LogP contribution in [0, 0.1) is 0 Å². The van der Waals surface area contributed by atoms with Crippen molar-refractivity contribution >= 4 is 11.9 Å². The van der Waals surface area contributed by atoms with E-state index in [4.69, 9.17) is 0 Å². The number of hydrogen-bond acceptors (Lipinski definition) is 4. The summed E-state index contributed by atoms with van der Waals surface area (Å²) < 4.78 is 0. The fourth-order valence-electron chi connectivity index (χ4n) is 1.86. The van der Waals surface area contributed by atoms with Crippen molar-refractivity contribution in [2.45, 2.75) is 6.04 Å². The second kappa shape index (κ2) is 5.96. The number of hydrogen-bond donors (Lipinski definition) is 4. The molecule has 0 unspecified atom stereocenters. The van der Waals surface area contributed by atoms with E-state index >= 15 is 0 Å². The van der Waals surface area contributed by atoms with E-state index in [2.05, 4.69) is 5.32 Å². The molecule has 0 aliphatic rings. The number of phenolic OH excluding ortho intramolecular Hbond substituents is 2. The lowest BCUT2D eigenvalue weighted by Gasteiger charge is -2.15. The molecule has 6 nitrogen and oxygen atoms in total. The lowest BCUT2D eigenvalue weighted by Crippen LogP contribution is -2.33. The zero-order chi connectivity index (χ0) is 15.4. The second-order valence-electron chi connectivity index (χ2n) is 4.33. The lowest BCUT2D eigenvalue weighted by atomic mass is 10.1. The van der Waals surface area contributed by atoms with Crippen molar-refractivity contribution < 1.29 is 24.9 Å². The number of amides is 1. The highest BCUT2D eigenvalue weighted by atomic mass is 16.4. The first-order valence-corrected chi connectivity index (χ1v) is 6.10. The SMILES string of the molecule is O=C(N[C@H](C(=O)O)c1ccccc1)c1cccc(O)c1O. The van der Waals surface area contributed by atoms with Crippen molar-refractivity contribution in [2.75, 3.05) is 0 Å². The highest BCUT2D eigenvalue weighted by molar-refractivity contribution is 5.99. The summed E-state index contributed by atoms with van der Waals surface area (Å²) >= 11 is 0. The molecule has 0 aliphatic heterocycles. The minimum atomic E-state index is -1.25. The molecule has 2 rings (SSSR count). The quantitative estimate of drug-likeness (QED) is 0.640. The third-order valence-corrected chi connectivity index (χ3v) is 2.91. The van der Waals surface area contributed by atoms with Crippen LogP contribution in [0.5, 0.6) is 11.5 Å². The monoisotopic (exact) mass is 287 g/mol. The summed E-state index contributed by atoms with van der Waals surface area (Å²) in [6, 6.07) is 10.8. The van der Waals surface area contributed by atoms with Crippen molar-refractivity contribution in [2.24, 2.45) is 0 Å². The standard InChI is InChI=1S/C15H13NO5/c17-11-8-4-7-10(13(11)18)14(19)16-12(15(20)21)9-5-2-1-3-6-9/h1-8,12,17-18H,(H,16,19)(H,20,21)/t12-/m0/s1. The Bertz CT molecular complexity index is 669. The molecule has 4 N–H and O–H groups in total. The number of phenols is 2. The van der Waals surface area contributed by atoms with Gasteiger partial charge >= 0.3 is 5.97 Å². The maximum atomic E-state index is 12.1. The number of nitrogens with one attached hydrogen (secondary N) is 1. The topological polar surface area (TPSA) is 107 Å². The Morgan fingerprint density at radius 1 is 0.952 bits per heavy atom. The number of aromatic hydroxyl groups is 2. The van der Waals surface area contributed by atoms with Gasteiger partial charge in [0.15, 0.2) is 17.5 Å². The Labute approximate surface area is 120 Å². The van der Waals surface area contributed by atoms with Crippen molar-refractivity contribution in [1.82, 2.24) is 5.32 Å². The number of carbonyl (C=O) groups excluding carboxylic acids is 1. The predicted octanol–water partition coefficient (Wildman–Crippen LogP) is 1.65. The van der Waals surface area contributed by atoms with Crippen LogP contribution in [0.1, 0.15) is 22.0 Å². The van der Waals surface area contributed by atoms with Gasteiger partial charge < -0.3 is 20.6 Å². The summed E-state index contributed by atoms with van der Waals surface area (Å²) in [5.41, 5.74) is 0.204. The van der Waals surface area contributed by atoms with Crippen LogP contribution in [0.3, 0.4) is 0 Å². The van der Waals surface area contributed by atoms with Gasteiger partial charge in [-0.15, -0.1) is 0 Å². The van der Waals surface area contributed by atoms with E-state index in [1.54, 1.807) is 30.3 Å². The van der Waals surface area contributed by atoms with E-state index in [1.165, 1.54) is 18.2 Å². The molecular formula is C15H13NO5. The summed E-state index contributed by atoms with van der Waals surface area (Å²) in [6.07, 6.45) is 0. The van der Waals surface area contributed by atoms with Gasteiger partial charge in [0, 0.05) is 0 Å². The largest absolute Gasteiger partial charge is 0.504 e. The van der Waals surface area contributed by atoms with E-state index in [9.17, 15) is 24.9 Å². The highest BCUT2D eigenvalue weighted by Gasteiger charge is 2.24. The molecule has 108 valence electrons. The molecule has 2 aromatic rings. The third-order valence-electron chi connectivity index (χ3n) is 2.91. The highest BCUT2D eigenvalue weighted by Crippen LogP contribution is 2.28. The Morgan fingerprint density at radius 2 is 1.62 bits per heavy atom. The molecule has 2 aromatic carbocycles. The van der Waals surface area contributed by atoms with Gasteiger partial charge in [-0.3, -0.25) is 4.79 Å². The van der Waals surface area contributed by atoms with Gasteiger partial charge in [0.25, 0.3) is 5.91 Å². The number of carboxylic acid groups (broad SMARTS) is 1. The number of carbonyl (C=O) groups is 2. The maximum Gasteiger partial charge on any atom is 0.330 e. The minimum absolute atomic E-state index is 0.197. The van der Waals surface area contributed by atoms with E-state index in [0.717, 1.165) is 0 Å². The molecule has 0 aliphatic carbocycles. The van der Waals surface area contributed by atoms with Crippen LogP contribution in [-0.4, -0.2) is 27.2 Å². The van der Waals surface area contributed by atoms with Crippen LogP contribution in [0.25, 0.3) is 0 Å². The van der Waals surface area contributed by atoms with Crippen LogP contribution in [0.15, 0.2) is 48.5 Å². The number of carboxylic acids is 1. The zero-order valence-electron chi connectivity index (χ0n) is 10.9. The van der Waals surface area contributed by atoms with Gasteiger partial charge in [0.05, 0.1) is 5.56 Å². The first-order chi connectivity index (χ1) is 10.0. The van der Waals surface area contributed by atoms with Crippen molar-refractivity contribution in [1.29, 1.82) is 0 Å². The van der Waals surface area contributed by atoms with Gasteiger partial charge in [-0.2, -0.15) is 0 Å². The molecule has 21 heavy (non-hydrogen) atoms. The summed E-state index contributed by atoms with van der Waals surface area (Å²) in [5, 5.41) is 30.5. The zero-order valence-corrected chi connectivity index (χ0v) is 10.9. The van der Waals surface area contributed by atoms with Gasteiger partial charge in [-0.1, -0.05) is 36.4 Å². The van der Waals surface area contributed by atoms with E-state index < -0.39 is 29.4 Å². The average molecular weight is 287 g/mol. The molecular weight excluding hydrogens is 274 g/mol. The van der Waals surface area contributed by atoms with Crippen LogP contribution in [0.4, 0.5) is 0 Å².